The van der Waals surface area contributed by atoms with E-state index in [0.717, 1.165) is 12.8 Å². The van der Waals surface area contributed by atoms with E-state index in [2.05, 4.69) is 0 Å². The Balaban J connectivity index is 6.03. The number of aliphatic hydroxyl groups is 4. The summed E-state index contributed by atoms with van der Waals surface area (Å²) in [7, 11) is 0. The Morgan fingerprint density at radius 1 is 0.667 bits per heavy atom. The number of unbranched alkanes of at least 4 members (excludes halogenated alkanes) is 2. The van der Waals surface area contributed by atoms with Crippen molar-refractivity contribution in [1.29, 1.82) is 0 Å². The second kappa shape index (κ2) is 14.8. The van der Waals surface area contributed by atoms with Gasteiger partial charge in [0, 0.05) is 26.2 Å². The fourth-order valence-corrected chi connectivity index (χ4v) is 3.32. The maximum atomic E-state index is 13.4. The summed E-state index contributed by atoms with van der Waals surface area (Å²) >= 11 is 0. The molecule has 0 aromatic carbocycles. The van der Waals surface area contributed by atoms with Gasteiger partial charge >= 0.3 is 0 Å². The van der Waals surface area contributed by atoms with Gasteiger partial charge in [0.1, 0.15) is 5.41 Å². The molecular weight excluding hydrogens is 352 g/mol. The Labute approximate surface area is 162 Å². The van der Waals surface area contributed by atoms with E-state index in [1.807, 2.05) is 13.8 Å². The molecule has 0 saturated carbocycles. The first kappa shape index (κ1) is 25.8. The molecule has 0 fully saturated rings. The quantitative estimate of drug-likeness (QED) is 0.275. The zero-order valence-electron chi connectivity index (χ0n) is 16.9. The van der Waals surface area contributed by atoms with Crippen molar-refractivity contribution < 1.29 is 30.0 Å². The molecule has 0 aliphatic carbocycles. The van der Waals surface area contributed by atoms with E-state index in [1.54, 1.807) is 0 Å². The first-order valence-corrected chi connectivity index (χ1v) is 10.0. The van der Waals surface area contributed by atoms with Gasteiger partial charge in [0.25, 0.3) is 0 Å². The molecule has 8 heteroatoms. The summed E-state index contributed by atoms with van der Waals surface area (Å²) < 4.78 is 0. The second-order valence-electron chi connectivity index (χ2n) is 6.77. The van der Waals surface area contributed by atoms with Crippen LogP contribution in [0.5, 0.6) is 0 Å². The van der Waals surface area contributed by atoms with Crippen molar-refractivity contribution in [3.8, 4) is 0 Å². The standard InChI is InChI=1S/C19H38N2O6/c1-3-5-7-19(8-6-4-2,17(26)20(9-13-22)10-14-23)18(27)21(11-15-24)12-16-25/h22-25H,3-16H2,1-2H3. The Kier molecular flexibility index (Phi) is 14.1. The summed E-state index contributed by atoms with van der Waals surface area (Å²) in [5.41, 5.74) is -1.30. The van der Waals surface area contributed by atoms with Crippen molar-refractivity contribution in [3.05, 3.63) is 0 Å². The minimum atomic E-state index is -1.30. The predicted octanol–water partition coefficient (Wildman–Crippen LogP) is -0.0204. The summed E-state index contributed by atoms with van der Waals surface area (Å²) in [6.07, 6.45) is 3.71. The lowest BCUT2D eigenvalue weighted by atomic mass is 9.75. The van der Waals surface area contributed by atoms with Gasteiger partial charge in [0.15, 0.2) is 0 Å². The SMILES string of the molecule is CCCCC(CCCC)(C(=O)N(CCO)CCO)C(=O)N(CCO)CCO. The van der Waals surface area contributed by atoms with Crippen molar-refractivity contribution in [2.24, 2.45) is 5.41 Å². The third kappa shape index (κ3) is 7.73. The maximum absolute atomic E-state index is 13.4. The summed E-state index contributed by atoms with van der Waals surface area (Å²) in [6.45, 7) is 3.14. The van der Waals surface area contributed by atoms with E-state index in [-0.39, 0.29) is 52.6 Å². The van der Waals surface area contributed by atoms with Crippen molar-refractivity contribution in [2.45, 2.75) is 52.4 Å². The van der Waals surface area contributed by atoms with Gasteiger partial charge in [-0.25, -0.2) is 0 Å². The van der Waals surface area contributed by atoms with Gasteiger partial charge in [0.05, 0.1) is 26.4 Å². The molecule has 0 spiro atoms. The average Bonchev–Trinajstić information content (AvgIpc) is 2.67. The molecule has 27 heavy (non-hydrogen) atoms. The second-order valence-corrected chi connectivity index (χ2v) is 6.77. The van der Waals surface area contributed by atoms with Crippen molar-refractivity contribution >= 4 is 11.8 Å². The highest BCUT2D eigenvalue weighted by Gasteiger charge is 2.48. The number of carbonyl (C=O) groups is 2. The molecular formula is C19H38N2O6. The van der Waals surface area contributed by atoms with E-state index >= 15 is 0 Å². The number of carbonyl (C=O) groups excluding carboxylic acids is 2. The van der Waals surface area contributed by atoms with Crippen molar-refractivity contribution in [2.75, 3.05) is 52.6 Å². The fourth-order valence-electron chi connectivity index (χ4n) is 3.32. The minimum Gasteiger partial charge on any atom is -0.395 e. The van der Waals surface area contributed by atoms with Crippen LogP contribution in [-0.2, 0) is 9.59 Å². The van der Waals surface area contributed by atoms with Gasteiger partial charge in [-0.15, -0.1) is 0 Å². The largest absolute Gasteiger partial charge is 0.395 e. The molecule has 0 heterocycles. The third-order valence-corrected chi connectivity index (χ3v) is 4.79. The third-order valence-electron chi connectivity index (χ3n) is 4.79. The van der Waals surface area contributed by atoms with Crippen LogP contribution in [0.2, 0.25) is 0 Å². The van der Waals surface area contributed by atoms with Crippen LogP contribution in [0.3, 0.4) is 0 Å². The maximum Gasteiger partial charge on any atom is 0.238 e. The number of aliphatic hydroxyl groups excluding tert-OH is 4. The van der Waals surface area contributed by atoms with Crippen LogP contribution in [0.25, 0.3) is 0 Å². The molecule has 0 rings (SSSR count). The molecule has 0 aromatic rings. The van der Waals surface area contributed by atoms with Crippen LogP contribution in [-0.4, -0.2) is 94.6 Å². The van der Waals surface area contributed by atoms with Gasteiger partial charge in [-0.3, -0.25) is 9.59 Å². The van der Waals surface area contributed by atoms with Crippen LogP contribution >= 0.6 is 0 Å². The molecule has 0 aliphatic rings. The van der Waals surface area contributed by atoms with Gasteiger partial charge < -0.3 is 30.2 Å². The van der Waals surface area contributed by atoms with Gasteiger partial charge in [-0.2, -0.15) is 0 Å². The zero-order valence-corrected chi connectivity index (χ0v) is 16.9. The highest BCUT2D eigenvalue weighted by atomic mass is 16.3. The smallest absolute Gasteiger partial charge is 0.238 e. The minimum absolute atomic E-state index is 0.0483. The highest BCUT2D eigenvalue weighted by molar-refractivity contribution is 6.05. The molecule has 0 aliphatic heterocycles. The first-order valence-electron chi connectivity index (χ1n) is 10.0. The van der Waals surface area contributed by atoms with Crippen molar-refractivity contribution in [3.63, 3.8) is 0 Å². The van der Waals surface area contributed by atoms with E-state index < -0.39 is 17.2 Å². The number of amides is 2. The summed E-state index contributed by atoms with van der Waals surface area (Å²) in [4.78, 5) is 29.6. The molecule has 0 aromatic heterocycles. The van der Waals surface area contributed by atoms with Gasteiger partial charge in [-0.05, 0) is 12.8 Å². The lowest BCUT2D eigenvalue weighted by Crippen LogP contribution is -2.55. The topological polar surface area (TPSA) is 122 Å². The molecule has 0 unspecified atom stereocenters. The van der Waals surface area contributed by atoms with Crippen LogP contribution < -0.4 is 0 Å². The Morgan fingerprint density at radius 3 is 1.19 bits per heavy atom. The lowest BCUT2D eigenvalue weighted by molar-refractivity contribution is -0.159. The van der Waals surface area contributed by atoms with E-state index in [1.165, 1.54) is 9.80 Å². The molecule has 0 radical (unpaired) electrons. The molecule has 0 bridgehead atoms. The molecule has 0 atom stereocenters. The number of hydrogen-bond acceptors (Lipinski definition) is 6. The van der Waals surface area contributed by atoms with Gasteiger partial charge in [0.2, 0.25) is 11.8 Å². The molecule has 160 valence electrons. The molecule has 2 amide bonds. The zero-order chi connectivity index (χ0) is 20.7. The molecule has 8 nitrogen and oxygen atoms in total. The molecule has 0 saturated heterocycles. The van der Waals surface area contributed by atoms with E-state index in [4.69, 9.17) is 0 Å². The predicted molar refractivity (Wildman–Crippen MR) is 103 cm³/mol. The lowest BCUT2D eigenvalue weighted by Gasteiger charge is -2.39. The van der Waals surface area contributed by atoms with Crippen LogP contribution in [0.1, 0.15) is 52.4 Å². The highest BCUT2D eigenvalue weighted by Crippen LogP contribution is 2.36. The first-order chi connectivity index (χ1) is 13.0. The fraction of sp³-hybridized carbons (Fsp3) is 0.895. The van der Waals surface area contributed by atoms with Crippen LogP contribution in [0, 0.1) is 5.41 Å². The van der Waals surface area contributed by atoms with Gasteiger partial charge in [-0.1, -0.05) is 39.5 Å². The number of rotatable bonds is 16. The summed E-state index contributed by atoms with van der Waals surface area (Å²) in [6, 6.07) is 0. The van der Waals surface area contributed by atoms with E-state index in [0.29, 0.717) is 25.7 Å². The van der Waals surface area contributed by atoms with E-state index in [9.17, 15) is 30.0 Å². The Hall–Kier alpha value is -1.22. The normalized spacial score (nSPS) is 11.5. The van der Waals surface area contributed by atoms with Crippen LogP contribution in [0.15, 0.2) is 0 Å². The molecule has 4 N–H and O–H groups in total. The average molecular weight is 391 g/mol. The summed E-state index contributed by atoms with van der Waals surface area (Å²) in [5.74, 6) is -0.781. The summed E-state index contributed by atoms with van der Waals surface area (Å²) in [5, 5.41) is 37.2. The Morgan fingerprint density at radius 2 is 0.963 bits per heavy atom. The Bertz CT molecular complexity index is 369. The van der Waals surface area contributed by atoms with Crippen LogP contribution in [0.4, 0.5) is 0 Å². The monoisotopic (exact) mass is 390 g/mol. The van der Waals surface area contributed by atoms with Crippen molar-refractivity contribution in [1.82, 2.24) is 9.80 Å². The number of nitrogens with zero attached hydrogens (tertiary/aromatic N) is 2. The number of hydrogen-bond donors (Lipinski definition) is 4.